The van der Waals surface area contributed by atoms with Crippen LogP contribution in [0, 0.1) is 46.8 Å². The van der Waals surface area contributed by atoms with Crippen LogP contribution in [0.5, 0.6) is 0 Å². The molecule has 7 atom stereocenters. The van der Waals surface area contributed by atoms with Gasteiger partial charge >= 0.3 is 0 Å². The zero-order chi connectivity index (χ0) is 16.9. The third-order valence-electron chi connectivity index (χ3n) is 7.88. The van der Waals surface area contributed by atoms with Crippen molar-refractivity contribution >= 4 is 5.78 Å². The molecular weight excluding hydrogens is 300 g/mol. The molecule has 1 spiro atoms. The fourth-order valence-corrected chi connectivity index (χ4v) is 6.60. The lowest BCUT2D eigenvalue weighted by molar-refractivity contribution is -0.182. The zero-order valence-corrected chi connectivity index (χ0v) is 14.7. The Labute approximate surface area is 145 Å². The van der Waals surface area contributed by atoms with Gasteiger partial charge in [0.05, 0.1) is 6.10 Å². The summed E-state index contributed by atoms with van der Waals surface area (Å²) in [6.45, 7) is 2.20. The summed E-state index contributed by atoms with van der Waals surface area (Å²) in [6, 6.07) is 0. The first kappa shape index (κ1) is 16.6. The van der Waals surface area contributed by atoms with Gasteiger partial charge in [-0.3, -0.25) is 4.79 Å². The minimum Gasteiger partial charge on any atom is -0.392 e. The number of Topliss-reactive ketones (excluding diaryl/α,β-unsaturated/α-hetero) is 1. The molecule has 24 heavy (non-hydrogen) atoms. The maximum atomic E-state index is 12.5. The summed E-state index contributed by atoms with van der Waals surface area (Å²) >= 11 is 0. The topological polar surface area (TPSA) is 57.5 Å². The van der Waals surface area contributed by atoms with Crippen molar-refractivity contribution in [1.82, 2.24) is 0 Å². The number of ketones is 1. The van der Waals surface area contributed by atoms with E-state index in [4.69, 9.17) is 0 Å². The monoisotopic (exact) mass is 330 g/mol. The van der Waals surface area contributed by atoms with Crippen molar-refractivity contribution in [3.05, 3.63) is 0 Å². The van der Waals surface area contributed by atoms with Crippen LogP contribution in [0.2, 0.25) is 0 Å². The van der Waals surface area contributed by atoms with Gasteiger partial charge in [-0.05, 0) is 62.2 Å². The fourth-order valence-electron chi connectivity index (χ4n) is 6.60. The normalized spacial score (nSPS) is 46.3. The molecule has 0 aliphatic heterocycles. The summed E-state index contributed by atoms with van der Waals surface area (Å²) in [5, 5.41) is 20.9. The molecule has 0 radical (unpaired) electrons. The number of fused-ring (bicyclic) bond motifs is 2. The van der Waals surface area contributed by atoms with E-state index in [1.165, 1.54) is 12.8 Å². The Morgan fingerprint density at radius 3 is 2.58 bits per heavy atom. The van der Waals surface area contributed by atoms with Gasteiger partial charge in [0.2, 0.25) is 0 Å². The first-order chi connectivity index (χ1) is 11.6. The lowest BCUT2D eigenvalue weighted by atomic mass is 9.40. The van der Waals surface area contributed by atoms with Crippen LogP contribution in [0.25, 0.3) is 0 Å². The largest absolute Gasteiger partial charge is 0.392 e. The third kappa shape index (κ3) is 2.30. The Balaban J connectivity index is 1.52. The van der Waals surface area contributed by atoms with Gasteiger partial charge in [-0.2, -0.15) is 0 Å². The van der Waals surface area contributed by atoms with Crippen LogP contribution in [-0.2, 0) is 4.79 Å². The Kier molecular flexibility index (Phi) is 4.25. The van der Waals surface area contributed by atoms with E-state index in [9.17, 15) is 15.0 Å². The molecule has 0 bridgehead atoms. The van der Waals surface area contributed by atoms with Gasteiger partial charge in [0, 0.05) is 17.8 Å². The summed E-state index contributed by atoms with van der Waals surface area (Å²) in [7, 11) is 0. The average molecular weight is 330 g/mol. The minimum atomic E-state index is -0.544. The van der Waals surface area contributed by atoms with Gasteiger partial charge in [0.15, 0.2) is 0 Å². The average Bonchev–Trinajstić information content (AvgIpc) is 3.23. The smallest absolute Gasteiger partial charge is 0.139 e. The van der Waals surface area contributed by atoms with E-state index >= 15 is 0 Å². The second-order valence-electron chi connectivity index (χ2n) is 8.74. The number of carbonyl (C=O) groups excluding carboxylic acids is 1. The van der Waals surface area contributed by atoms with Gasteiger partial charge < -0.3 is 10.2 Å². The molecule has 0 aromatic carbocycles. The molecular formula is C21H30O3. The van der Waals surface area contributed by atoms with E-state index in [1.807, 2.05) is 0 Å². The predicted molar refractivity (Wildman–Crippen MR) is 91.9 cm³/mol. The van der Waals surface area contributed by atoms with Crippen LogP contribution in [0.4, 0.5) is 0 Å². The van der Waals surface area contributed by atoms with Crippen LogP contribution in [0.1, 0.15) is 64.7 Å². The van der Waals surface area contributed by atoms with Gasteiger partial charge in [-0.25, -0.2) is 0 Å². The second kappa shape index (κ2) is 6.15. The molecule has 0 heterocycles. The molecule has 0 aromatic heterocycles. The Morgan fingerprint density at radius 2 is 1.92 bits per heavy atom. The molecule has 4 rings (SSSR count). The van der Waals surface area contributed by atoms with Crippen LogP contribution in [-0.4, -0.2) is 28.2 Å². The van der Waals surface area contributed by atoms with Gasteiger partial charge in [-0.1, -0.05) is 31.6 Å². The van der Waals surface area contributed by atoms with Crippen LogP contribution in [0.3, 0.4) is 0 Å². The van der Waals surface area contributed by atoms with Crippen molar-refractivity contribution in [3.63, 3.8) is 0 Å². The molecule has 2 N–H and O–H groups in total. The summed E-state index contributed by atoms with van der Waals surface area (Å²) < 4.78 is 0. The summed E-state index contributed by atoms with van der Waals surface area (Å²) in [4.78, 5) is 12.5. The molecule has 4 aliphatic rings. The molecule has 3 heteroatoms. The van der Waals surface area contributed by atoms with Crippen LogP contribution in [0.15, 0.2) is 0 Å². The first-order valence-electron chi connectivity index (χ1n) is 9.96. The molecule has 0 amide bonds. The zero-order valence-electron chi connectivity index (χ0n) is 14.7. The number of hydrogen-bond acceptors (Lipinski definition) is 3. The minimum absolute atomic E-state index is 0.0613. The van der Waals surface area contributed by atoms with E-state index in [0.29, 0.717) is 29.5 Å². The highest BCUT2D eigenvalue weighted by molar-refractivity contribution is 5.88. The molecule has 4 saturated carbocycles. The number of aliphatic hydroxyl groups is 2. The quantitative estimate of drug-likeness (QED) is 0.727. The highest BCUT2D eigenvalue weighted by Crippen LogP contribution is 2.67. The van der Waals surface area contributed by atoms with E-state index in [0.717, 1.165) is 44.9 Å². The van der Waals surface area contributed by atoms with Crippen molar-refractivity contribution in [2.75, 3.05) is 0 Å². The SMILES string of the molecule is CC1C2C(C#C[C@H](O)C3CCCC3)C(O)CCC2C12CCCC2=O. The summed E-state index contributed by atoms with van der Waals surface area (Å²) in [6.07, 6.45) is 8.12. The van der Waals surface area contributed by atoms with Crippen LogP contribution >= 0.6 is 0 Å². The Hall–Kier alpha value is -0.850. The van der Waals surface area contributed by atoms with E-state index < -0.39 is 12.2 Å². The van der Waals surface area contributed by atoms with Gasteiger partial charge in [0.25, 0.3) is 0 Å². The van der Waals surface area contributed by atoms with Crippen molar-refractivity contribution in [2.24, 2.45) is 35.0 Å². The fraction of sp³-hybridized carbons (Fsp3) is 0.857. The number of hydrogen-bond donors (Lipinski definition) is 2. The van der Waals surface area contributed by atoms with Crippen molar-refractivity contribution in [1.29, 1.82) is 0 Å². The molecule has 6 unspecified atom stereocenters. The van der Waals surface area contributed by atoms with Crippen molar-refractivity contribution in [3.8, 4) is 11.8 Å². The van der Waals surface area contributed by atoms with Crippen molar-refractivity contribution in [2.45, 2.75) is 76.9 Å². The summed E-state index contributed by atoms with van der Waals surface area (Å²) in [5.41, 5.74) is -0.102. The molecule has 0 aromatic rings. The number of aliphatic hydroxyl groups excluding tert-OH is 2. The standard InChI is InChI=1S/C21H30O3/c1-13-20-15(8-10-17(22)14-5-2-3-6-14)18(23)11-9-16(20)21(13)12-4-7-19(21)24/h13-18,20,22-23H,2-7,9,11-12H2,1H3/t13?,15?,16?,17-,18?,20?,21?/m0/s1. The molecule has 4 fully saturated rings. The highest BCUT2D eigenvalue weighted by atomic mass is 16.3. The van der Waals surface area contributed by atoms with Gasteiger partial charge in [0.1, 0.15) is 11.9 Å². The Bertz CT molecular complexity index is 567. The van der Waals surface area contributed by atoms with E-state index in [2.05, 4.69) is 18.8 Å². The maximum Gasteiger partial charge on any atom is 0.139 e. The lowest BCUT2D eigenvalue weighted by Gasteiger charge is -2.63. The van der Waals surface area contributed by atoms with Gasteiger partial charge in [-0.15, -0.1) is 0 Å². The van der Waals surface area contributed by atoms with E-state index in [-0.39, 0.29) is 11.3 Å². The molecule has 0 saturated heterocycles. The van der Waals surface area contributed by atoms with E-state index in [1.54, 1.807) is 0 Å². The second-order valence-corrected chi connectivity index (χ2v) is 8.74. The highest BCUT2D eigenvalue weighted by Gasteiger charge is 2.67. The van der Waals surface area contributed by atoms with Crippen molar-refractivity contribution < 1.29 is 15.0 Å². The summed E-state index contributed by atoms with van der Waals surface area (Å²) in [5.74, 6) is 8.14. The number of carbonyl (C=O) groups is 1. The molecule has 4 aliphatic carbocycles. The van der Waals surface area contributed by atoms with Crippen LogP contribution < -0.4 is 0 Å². The first-order valence-corrected chi connectivity index (χ1v) is 9.96. The third-order valence-corrected chi connectivity index (χ3v) is 7.88. The Morgan fingerprint density at radius 1 is 1.17 bits per heavy atom. The number of rotatable bonds is 1. The maximum absolute atomic E-state index is 12.5. The molecule has 132 valence electrons. The lowest BCUT2D eigenvalue weighted by Crippen LogP contribution is -2.63. The molecule has 3 nitrogen and oxygen atoms in total. The predicted octanol–water partition coefficient (Wildman–Crippen LogP) is 2.93.